The van der Waals surface area contributed by atoms with Crippen molar-refractivity contribution in [1.82, 2.24) is 20.6 Å². The van der Waals surface area contributed by atoms with E-state index in [1.165, 1.54) is 6.92 Å². The van der Waals surface area contributed by atoms with Crippen molar-refractivity contribution in [2.75, 3.05) is 6.61 Å². The molecule has 0 saturated heterocycles. The lowest BCUT2D eigenvalue weighted by Crippen LogP contribution is -2.37. The van der Waals surface area contributed by atoms with Crippen LogP contribution in [-0.4, -0.2) is 51.7 Å². The molecule has 1 heterocycles. The summed E-state index contributed by atoms with van der Waals surface area (Å²) in [6, 6.07) is 12.9. The van der Waals surface area contributed by atoms with Crippen LogP contribution in [0.25, 0.3) is 11.3 Å². The second-order valence-corrected chi connectivity index (χ2v) is 10.2. The molecular weight excluding hydrogens is 504 g/mol. The van der Waals surface area contributed by atoms with Crippen LogP contribution in [0.2, 0.25) is 5.02 Å². The molecule has 0 bridgehead atoms. The highest BCUT2D eigenvalue weighted by Crippen LogP contribution is 2.26. The lowest BCUT2D eigenvalue weighted by atomic mass is 10.0. The van der Waals surface area contributed by atoms with Crippen LogP contribution in [-0.2, 0) is 17.6 Å². The Hall–Kier alpha value is -3.36. The molecule has 2 amide bonds. The lowest BCUT2D eigenvalue weighted by Gasteiger charge is -2.19. The highest BCUT2D eigenvalue weighted by molar-refractivity contribution is 6.32. The number of aryl methyl sites for hydroxylation is 1. The smallest absolute Gasteiger partial charge is 0.251 e. The van der Waals surface area contributed by atoms with Crippen LogP contribution in [0.5, 0.6) is 5.75 Å². The quantitative estimate of drug-likeness (QED) is 0.251. The number of aromatic amines is 1. The molecule has 0 radical (unpaired) electrons. The van der Waals surface area contributed by atoms with E-state index in [1.807, 2.05) is 51.2 Å². The van der Waals surface area contributed by atoms with Crippen molar-refractivity contribution in [2.45, 2.75) is 71.6 Å². The summed E-state index contributed by atoms with van der Waals surface area (Å²) in [4.78, 5) is 31.9. The highest BCUT2D eigenvalue weighted by atomic mass is 35.5. The van der Waals surface area contributed by atoms with Gasteiger partial charge in [0.1, 0.15) is 11.6 Å². The van der Waals surface area contributed by atoms with Crippen molar-refractivity contribution in [2.24, 2.45) is 0 Å². The number of aliphatic hydroxyl groups excluding tert-OH is 1. The molecule has 204 valence electrons. The van der Waals surface area contributed by atoms with Crippen molar-refractivity contribution in [3.05, 3.63) is 70.6 Å². The van der Waals surface area contributed by atoms with Crippen LogP contribution in [0.3, 0.4) is 0 Å². The zero-order valence-corrected chi connectivity index (χ0v) is 23.1. The standard InChI is InChI=1S/C29H37ClN4O4/c1-18(2)38-27-11-10-23(16-25(27)30)29(37)33-24(13-14-35)15-21-6-8-22(9-7-21)26-17-31-28(34-26)12-5-19(3)32-20(4)36/h6-11,16-19,24,35H,5,12-15H2,1-4H3,(H,31,34)(H,32,36)(H,33,37)/t19?,24-/m1/s1. The van der Waals surface area contributed by atoms with Gasteiger partial charge in [-0.3, -0.25) is 9.59 Å². The van der Waals surface area contributed by atoms with Crippen LogP contribution in [0, 0.1) is 0 Å². The van der Waals surface area contributed by atoms with Gasteiger partial charge in [-0.05, 0) is 69.4 Å². The number of carbonyl (C=O) groups is 2. The van der Waals surface area contributed by atoms with Gasteiger partial charge in [0.05, 0.1) is 23.0 Å². The normalized spacial score (nSPS) is 12.7. The van der Waals surface area contributed by atoms with E-state index in [9.17, 15) is 14.7 Å². The van der Waals surface area contributed by atoms with E-state index in [0.29, 0.717) is 29.2 Å². The Labute approximate surface area is 229 Å². The number of nitrogens with one attached hydrogen (secondary N) is 3. The topological polar surface area (TPSA) is 116 Å². The van der Waals surface area contributed by atoms with E-state index in [4.69, 9.17) is 16.3 Å². The van der Waals surface area contributed by atoms with E-state index in [0.717, 1.165) is 35.5 Å². The SMILES string of the molecule is CC(=O)NC(C)CCc1ncc(-c2ccc(C[C@@H](CCO)NC(=O)c3ccc(OC(C)C)c(Cl)c3)cc2)[nH]1. The minimum Gasteiger partial charge on any atom is -0.489 e. The maximum atomic E-state index is 12.9. The first-order valence-electron chi connectivity index (χ1n) is 12.9. The van der Waals surface area contributed by atoms with E-state index < -0.39 is 0 Å². The molecule has 0 saturated carbocycles. The largest absolute Gasteiger partial charge is 0.489 e. The molecule has 4 N–H and O–H groups in total. The fraction of sp³-hybridized carbons (Fsp3) is 0.414. The average molecular weight is 541 g/mol. The highest BCUT2D eigenvalue weighted by Gasteiger charge is 2.16. The number of ether oxygens (including phenoxy) is 1. The molecule has 3 rings (SSSR count). The van der Waals surface area contributed by atoms with Gasteiger partial charge >= 0.3 is 0 Å². The molecule has 38 heavy (non-hydrogen) atoms. The van der Waals surface area contributed by atoms with E-state index in [2.05, 4.69) is 20.6 Å². The number of rotatable bonds is 13. The number of carbonyl (C=O) groups excluding carboxylic acids is 2. The molecule has 8 nitrogen and oxygen atoms in total. The Morgan fingerprint density at radius 1 is 1.08 bits per heavy atom. The van der Waals surface area contributed by atoms with Crippen molar-refractivity contribution < 1.29 is 19.4 Å². The number of aromatic nitrogens is 2. The first kappa shape index (κ1) is 29.2. The van der Waals surface area contributed by atoms with E-state index >= 15 is 0 Å². The summed E-state index contributed by atoms with van der Waals surface area (Å²) in [6.45, 7) is 7.28. The molecule has 0 spiro atoms. The molecule has 1 aromatic heterocycles. The van der Waals surface area contributed by atoms with Crippen molar-refractivity contribution in [3.8, 4) is 17.0 Å². The number of nitrogens with zero attached hydrogens (tertiary/aromatic N) is 1. The summed E-state index contributed by atoms with van der Waals surface area (Å²) >= 11 is 6.29. The minimum absolute atomic E-state index is 0.0206. The van der Waals surface area contributed by atoms with Crippen molar-refractivity contribution >= 4 is 23.4 Å². The summed E-state index contributed by atoms with van der Waals surface area (Å²) < 4.78 is 5.64. The van der Waals surface area contributed by atoms with Gasteiger partial charge in [-0.15, -0.1) is 0 Å². The average Bonchev–Trinajstić information content (AvgIpc) is 3.33. The van der Waals surface area contributed by atoms with Crippen LogP contribution in [0.15, 0.2) is 48.7 Å². The fourth-order valence-corrected chi connectivity index (χ4v) is 4.38. The fourth-order valence-electron chi connectivity index (χ4n) is 4.15. The number of amides is 2. The second kappa shape index (κ2) is 14.0. The zero-order valence-electron chi connectivity index (χ0n) is 22.4. The third kappa shape index (κ3) is 8.89. The second-order valence-electron chi connectivity index (χ2n) is 9.78. The number of hydrogen-bond donors (Lipinski definition) is 4. The van der Waals surface area contributed by atoms with Gasteiger partial charge in [-0.25, -0.2) is 4.98 Å². The van der Waals surface area contributed by atoms with Gasteiger partial charge in [0.15, 0.2) is 0 Å². The number of hydrogen-bond acceptors (Lipinski definition) is 5. The molecule has 0 aliphatic rings. The number of aliphatic hydroxyl groups is 1. The van der Waals surface area contributed by atoms with Gasteiger partial charge in [0.25, 0.3) is 5.91 Å². The predicted molar refractivity (Wildman–Crippen MR) is 150 cm³/mol. The van der Waals surface area contributed by atoms with Crippen molar-refractivity contribution in [3.63, 3.8) is 0 Å². The molecule has 1 unspecified atom stereocenters. The van der Waals surface area contributed by atoms with Gasteiger partial charge in [0.2, 0.25) is 5.91 Å². The van der Waals surface area contributed by atoms with E-state index in [1.54, 1.807) is 18.2 Å². The summed E-state index contributed by atoms with van der Waals surface area (Å²) in [7, 11) is 0. The Balaban J connectivity index is 1.59. The number of imidazole rings is 1. The Morgan fingerprint density at radius 2 is 1.82 bits per heavy atom. The molecular formula is C29H37ClN4O4. The van der Waals surface area contributed by atoms with Gasteiger partial charge in [0, 0.05) is 37.6 Å². The van der Waals surface area contributed by atoms with Gasteiger partial charge < -0.3 is 25.5 Å². The summed E-state index contributed by atoms with van der Waals surface area (Å²) in [6.07, 6.45) is 4.32. The predicted octanol–water partition coefficient (Wildman–Crippen LogP) is 4.70. The Kier molecular flexibility index (Phi) is 10.7. The summed E-state index contributed by atoms with van der Waals surface area (Å²) in [5, 5.41) is 15.8. The Morgan fingerprint density at radius 3 is 2.45 bits per heavy atom. The third-order valence-electron chi connectivity index (χ3n) is 6.01. The van der Waals surface area contributed by atoms with Crippen LogP contribution in [0.4, 0.5) is 0 Å². The first-order chi connectivity index (χ1) is 18.1. The molecule has 0 aliphatic carbocycles. The maximum Gasteiger partial charge on any atom is 0.251 e. The summed E-state index contributed by atoms with van der Waals surface area (Å²) in [5.41, 5.74) is 3.39. The maximum absolute atomic E-state index is 12.9. The molecule has 2 aromatic carbocycles. The molecule has 0 aliphatic heterocycles. The molecule has 9 heteroatoms. The Bertz CT molecular complexity index is 1210. The molecule has 2 atom stereocenters. The number of halogens is 1. The minimum atomic E-state index is -0.254. The first-order valence-corrected chi connectivity index (χ1v) is 13.3. The third-order valence-corrected chi connectivity index (χ3v) is 6.30. The van der Waals surface area contributed by atoms with Crippen molar-refractivity contribution in [1.29, 1.82) is 0 Å². The zero-order chi connectivity index (χ0) is 27.7. The van der Waals surface area contributed by atoms with E-state index in [-0.39, 0.29) is 36.6 Å². The molecule has 3 aromatic rings. The van der Waals surface area contributed by atoms with Crippen LogP contribution < -0.4 is 15.4 Å². The number of benzene rings is 2. The van der Waals surface area contributed by atoms with Crippen LogP contribution >= 0.6 is 11.6 Å². The number of H-pyrrole nitrogens is 1. The summed E-state index contributed by atoms with van der Waals surface area (Å²) in [5.74, 6) is 1.12. The molecule has 0 fully saturated rings. The van der Waals surface area contributed by atoms with Gasteiger partial charge in [-0.2, -0.15) is 0 Å². The van der Waals surface area contributed by atoms with Crippen LogP contribution in [0.1, 0.15) is 62.3 Å². The van der Waals surface area contributed by atoms with Gasteiger partial charge in [-0.1, -0.05) is 35.9 Å². The lowest BCUT2D eigenvalue weighted by molar-refractivity contribution is -0.119. The monoisotopic (exact) mass is 540 g/mol.